The second-order valence-corrected chi connectivity index (χ2v) is 9.33. The number of tetrazole rings is 1. The molecule has 2 aliphatic heterocycles. The zero-order valence-electron chi connectivity index (χ0n) is 17.2. The predicted molar refractivity (Wildman–Crippen MR) is 103 cm³/mol. The van der Waals surface area contributed by atoms with E-state index in [-0.39, 0.29) is 6.10 Å². The highest BCUT2D eigenvalue weighted by molar-refractivity contribution is 4.89. The standard InChI is InChI=1S/C20H36N6O/c1-16(2)14-19(20-21-22-23-26(20)15-18-8-5-13-27-18)25-11-9-24(10-12-25)17-6-3-4-7-17/h16-19H,3-15H2,1-2H3/p+2/t18-,19+/m1/s1. The average Bonchev–Trinajstić information content (AvgIpc) is 3.43. The Kier molecular flexibility index (Phi) is 6.40. The van der Waals surface area contributed by atoms with Crippen LogP contribution in [-0.2, 0) is 11.3 Å². The number of hydrogen-bond acceptors (Lipinski definition) is 4. The lowest BCUT2D eigenvalue weighted by molar-refractivity contribution is -1.04. The molecule has 0 amide bonds. The van der Waals surface area contributed by atoms with Crippen molar-refractivity contribution in [1.29, 1.82) is 0 Å². The first-order chi connectivity index (χ1) is 13.2. The molecule has 1 saturated carbocycles. The van der Waals surface area contributed by atoms with Gasteiger partial charge in [-0.2, -0.15) is 0 Å². The monoisotopic (exact) mass is 378 g/mol. The molecule has 3 fully saturated rings. The van der Waals surface area contributed by atoms with Crippen molar-refractivity contribution in [2.45, 2.75) is 83.5 Å². The second-order valence-electron chi connectivity index (χ2n) is 9.33. The molecule has 27 heavy (non-hydrogen) atoms. The maximum atomic E-state index is 5.83. The Balaban J connectivity index is 1.43. The van der Waals surface area contributed by atoms with Crippen LogP contribution in [0.5, 0.6) is 0 Å². The molecule has 2 atom stereocenters. The lowest BCUT2D eigenvalue weighted by Gasteiger charge is -2.36. The van der Waals surface area contributed by atoms with Gasteiger partial charge in [0.15, 0.2) is 6.04 Å². The van der Waals surface area contributed by atoms with Crippen LogP contribution >= 0.6 is 0 Å². The minimum Gasteiger partial charge on any atom is -0.376 e. The van der Waals surface area contributed by atoms with Crippen LogP contribution < -0.4 is 9.80 Å². The Labute approximate surface area is 163 Å². The second kappa shape index (κ2) is 8.97. The fourth-order valence-corrected chi connectivity index (χ4v) is 5.48. The van der Waals surface area contributed by atoms with E-state index < -0.39 is 0 Å². The van der Waals surface area contributed by atoms with Gasteiger partial charge >= 0.3 is 0 Å². The zero-order valence-corrected chi connectivity index (χ0v) is 17.2. The number of piperazine rings is 1. The summed E-state index contributed by atoms with van der Waals surface area (Å²) in [6.45, 7) is 11.4. The average molecular weight is 379 g/mol. The van der Waals surface area contributed by atoms with Gasteiger partial charge in [-0.05, 0) is 54.9 Å². The molecule has 2 N–H and O–H groups in total. The minimum absolute atomic E-state index is 0.283. The van der Waals surface area contributed by atoms with Gasteiger partial charge in [-0.15, -0.1) is 5.10 Å². The highest BCUT2D eigenvalue weighted by atomic mass is 16.5. The third-order valence-electron chi connectivity index (χ3n) is 6.94. The van der Waals surface area contributed by atoms with Crippen molar-refractivity contribution < 1.29 is 14.5 Å². The molecule has 3 heterocycles. The van der Waals surface area contributed by atoms with E-state index in [2.05, 4.69) is 29.4 Å². The summed E-state index contributed by atoms with van der Waals surface area (Å²) in [5.41, 5.74) is 0. The summed E-state index contributed by atoms with van der Waals surface area (Å²) in [5, 5.41) is 12.9. The summed E-state index contributed by atoms with van der Waals surface area (Å²) in [6.07, 6.45) is 9.50. The maximum Gasteiger partial charge on any atom is 0.209 e. The van der Waals surface area contributed by atoms with Crippen LogP contribution in [0.1, 0.15) is 70.7 Å². The van der Waals surface area contributed by atoms with E-state index in [4.69, 9.17) is 4.74 Å². The third kappa shape index (κ3) is 4.69. The molecule has 1 aromatic rings. The van der Waals surface area contributed by atoms with Gasteiger partial charge in [-0.25, -0.2) is 4.68 Å². The molecule has 3 aliphatic rings. The largest absolute Gasteiger partial charge is 0.376 e. The molecule has 0 unspecified atom stereocenters. The van der Waals surface area contributed by atoms with Gasteiger partial charge in [0.25, 0.3) is 0 Å². The molecule has 0 aromatic carbocycles. The molecule has 7 heteroatoms. The number of quaternary nitrogens is 2. The first kappa shape index (κ1) is 19.3. The van der Waals surface area contributed by atoms with E-state index in [0.29, 0.717) is 12.0 Å². The van der Waals surface area contributed by atoms with Crippen LogP contribution in [0.15, 0.2) is 0 Å². The third-order valence-corrected chi connectivity index (χ3v) is 6.94. The summed E-state index contributed by atoms with van der Waals surface area (Å²) in [5.74, 6) is 1.73. The van der Waals surface area contributed by atoms with E-state index in [0.717, 1.165) is 44.3 Å². The van der Waals surface area contributed by atoms with Crippen LogP contribution in [0.2, 0.25) is 0 Å². The van der Waals surface area contributed by atoms with E-state index in [9.17, 15) is 0 Å². The van der Waals surface area contributed by atoms with E-state index in [1.54, 1.807) is 4.90 Å². The van der Waals surface area contributed by atoms with Gasteiger partial charge in [-0.1, -0.05) is 13.8 Å². The van der Waals surface area contributed by atoms with Crippen LogP contribution in [0.4, 0.5) is 0 Å². The summed E-state index contributed by atoms with van der Waals surface area (Å²) < 4.78 is 7.88. The molecule has 0 spiro atoms. The van der Waals surface area contributed by atoms with Crippen molar-refractivity contribution in [1.82, 2.24) is 20.2 Å². The smallest absolute Gasteiger partial charge is 0.209 e. The summed E-state index contributed by atoms with van der Waals surface area (Å²) >= 11 is 0. The number of ether oxygens (including phenoxy) is 1. The van der Waals surface area contributed by atoms with Crippen molar-refractivity contribution in [2.24, 2.45) is 5.92 Å². The Morgan fingerprint density at radius 2 is 1.85 bits per heavy atom. The van der Waals surface area contributed by atoms with Crippen molar-refractivity contribution >= 4 is 0 Å². The predicted octanol–water partition coefficient (Wildman–Crippen LogP) is -0.335. The van der Waals surface area contributed by atoms with Gasteiger partial charge in [0.1, 0.15) is 26.2 Å². The van der Waals surface area contributed by atoms with Gasteiger partial charge in [0, 0.05) is 13.0 Å². The first-order valence-corrected chi connectivity index (χ1v) is 11.3. The van der Waals surface area contributed by atoms with E-state index in [1.165, 1.54) is 51.9 Å². The Hall–Kier alpha value is -1.05. The van der Waals surface area contributed by atoms with Gasteiger partial charge in [0.05, 0.1) is 18.7 Å². The summed E-state index contributed by atoms with van der Waals surface area (Å²) in [7, 11) is 0. The highest BCUT2D eigenvalue weighted by Gasteiger charge is 2.37. The molecule has 1 aliphatic carbocycles. The van der Waals surface area contributed by atoms with Crippen molar-refractivity contribution in [3.63, 3.8) is 0 Å². The Morgan fingerprint density at radius 3 is 2.52 bits per heavy atom. The normalized spacial score (nSPS) is 31.0. The Morgan fingerprint density at radius 1 is 1.07 bits per heavy atom. The van der Waals surface area contributed by atoms with E-state index >= 15 is 0 Å². The van der Waals surface area contributed by atoms with Crippen LogP contribution in [-0.4, -0.2) is 65.1 Å². The summed E-state index contributed by atoms with van der Waals surface area (Å²) in [6, 6.07) is 1.34. The topological polar surface area (TPSA) is 61.7 Å². The number of nitrogens with one attached hydrogen (secondary N) is 2. The van der Waals surface area contributed by atoms with Gasteiger partial charge in [0.2, 0.25) is 5.82 Å². The molecule has 7 nitrogen and oxygen atoms in total. The van der Waals surface area contributed by atoms with Crippen LogP contribution in [0, 0.1) is 5.92 Å². The van der Waals surface area contributed by atoms with Gasteiger partial charge < -0.3 is 14.5 Å². The molecular weight excluding hydrogens is 340 g/mol. The highest BCUT2D eigenvalue weighted by Crippen LogP contribution is 2.19. The molecule has 2 saturated heterocycles. The Bertz CT molecular complexity index is 571. The van der Waals surface area contributed by atoms with Crippen molar-refractivity contribution in [3.8, 4) is 0 Å². The number of rotatable bonds is 7. The molecular formula is C20H38N6O+2. The lowest BCUT2D eigenvalue weighted by Crippen LogP contribution is -3.29. The zero-order chi connectivity index (χ0) is 18.6. The molecule has 152 valence electrons. The molecule has 0 bridgehead atoms. The molecule has 4 rings (SSSR count). The van der Waals surface area contributed by atoms with E-state index in [1.807, 2.05) is 9.58 Å². The van der Waals surface area contributed by atoms with Crippen LogP contribution in [0.25, 0.3) is 0 Å². The molecule has 0 radical (unpaired) electrons. The van der Waals surface area contributed by atoms with Crippen molar-refractivity contribution in [2.75, 3.05) is 32.8 Å². The minimum atomic E-state index is 0.283. The fraction of sp³-hybridized carbons (Fsp3) is 0.950. The number of aromatic nitrogens is 4. The lowest BCUT2D eigenvalue weighted by atomic mass is 10.0. The SMILES string of the molecule is CC(C)C[C@@H](c1nnnn1C[C@H]1CCCO1)[NH+]1CC[NH+](C2CCCC2)CC1. The quantitative estimate of drug-likeness (QED) is 0.682. The summed E-state index contributed by atoms with van der Waals surface area (Å²) in [4.78, 5) is 3.55. The fourth-order valence-electron chi connectivity index (χ4n) is 5.48. The van der Waals surface area contributed by atoms with Crippen molar-refractivity contribution in [3.05, 3.63) is 5.82 Å². The van der Waals surface area contributed by atoms with Crippen LogP contribution in [0.3, 0.4) is 0 Å². The molecule has 1 aromatic heterocycles. The number of hydrogen-bond donors (Lipinski definition) is 2. The maximum absolute atomic E-state index is 5.83. The number of nitrogens with zero attached hydrogens (tertiary/aromatic N) is 4. The first-order valence-electron chi connectivity index (χ1n) is 11.3. The van der Waals surface area contributed by atoms with Gasteiger partial charge in [-0.3, -0.25) is 0 Å².